The van der Waals surface area contributed by atoms with Gasteiger partial charge >= 0.3 is 12.2 Å². The molecule has 182 valence electrons. The number of carbonyl (C=O) groups is 2. The van der Waals surface area contributed by atoms with Crippen molar-refractivity contribution < 1.29 is 27.7 Å². The minimum absolute atomic E-state index is 0.0375. The van der Waals surface area contributed by atoms with E-state index in [1.165, 1.54) is 21.9 Å². The van der Waals surface area contributed by atoms with Crippen molar-refractivity contribution in [1.82, 2.24) is 10.2 Å². The average molecular weight is 485 g/mol. The van der Waals surface area contributed by atoms with Crippen LogP contribution in [0.2, 0.25) is 0 Å². The number of carbonyl (C=O) groups excluding carboxylic acids is 2. The van der Waals surface area contributed by atoms with Crippen LogP contribution >= 0.6 is 0 Å². The van der Waals surface area contributed by atoms with Crippen LogP contribution in [0.3, 0.4) is 0 Å². The number of benzene rings is 2. The highest BCUT2D eigenvalue weighted by Gasteiger charge is 2.45. The molecule has 2 heterocycles. The number of amides is 3. The molecular formula is C25H25F3N5O2+. The second kappa shape index (κ2) is 9.43. The highest BCUT2D eigenvalue weighted by molar-refractivity contribution is 6.07. The first-order chi connectivity index (χ1) is 16.6. The largest absolute Gasteiger partial charge is 0.416 e. The number of rotatable bonds is 6. The molecule has 2 aliphatic rings. The Balaban J connectivity index is 1.76. The Morgan fingerprint density at radius 1 is 1.14 bits per heavy atom. The summed E-state index contributed by atoms with van der Waals surface area (Å²) >= 11 is 0. The van der Waals surface area contributed by atoms with Gasteiger partial charge in [0.15, 0.2) is 0 Å². The van der Waals surface area contributed by atoms with E-state index in [0.29, 0.717) is 28.9 Å². The number of anilines is 1. The van der Waals surface area contributed by atoms with Crippen molar-refractivity contribution in [3.63, 3.8) is 0 Å². The fourth-order valence-electron chi connectivity index (χ4n) is 4.39. The molecule has 0 aliphatic carbocycles. The molecule has 3 amide bonds. The zero-order valence-corrected chi connectivity index (χ0v) is 19.3. The molecule has 2 aliphatic heterocycles. The first-order valence-corrected chi connectivity index (χ1v) is 11.2. The SMILES string of the molecule is C[NH+](C)CCCN1CC2=C(C1=O)[C@@H](c1ccc(C#N)cc1)NC(=O)N2c1cccc(C(F)(F)F)c1. The molecule has 1 atom stereocenters. The Labute approximate surface area is 201 Å². The number of nitrogens with one attached hydrogen (secondary N) is 2. The van der Waals surface area contributed by atoms with Crippen molar-refractivity contribution >= 4 is 17.6 Å². The van der Waals surface area contributed by atoms with Crippen molar-refractivity contribution in [1.29, 1.82) is 5.26 Å². The molecule has 2 aromatic carbocycles. The molecule has 2 N–H and O–H groups in total. The van der Waals surface area contributed by atoms with Crippen LogP contribution in [0.1, 0.15) is 29.2 Å². The van der Waals surface area contributed by atoms with Crippen molar-refractivity contribution in [3.8, 4) is 6.07 Å². The van der Waals surface area contributed by atoms with Gasteiger partial charge in [0.1, 0.15) is 0 Å². The van der Waals surface area contributed by atoms with Gasteiger partial charge < -0.3 is 15.1 Å². The Bertz CT molecular complexity index is 1210. The normalized spacial score (nSPS) is 18.1. The van der Waals surface area contributed by atoms with Gasteiger partial charge in [-0.25, -0.2) is 4.79 Å². The van der Waals surface area contributed by atoms with Crippen molar-refractivity contribution in [2.75, 3.05) is 38.6 Å². The summed E-state index contributed by atoms with van der Waals surface area (Å²) in [4.78, 5) is 30.7. The first-order valence-electron chi connectivity index (χ1n) is 11.2. The highest BCUT2D eigenvalue weighted by atomic mass is 19.4. The van der Waals surface area contributed by atoms with Gasteiger partial charge in [-0.05, 0) is 35.9 Å². The van der Waals surface area contributed by atoms with Crippen molar-refractivity contribution in [2.24, 2.45) is 0 Å². The number of nitriles is 1. The number of alkyl halides is 3. The summed E-state index contributed by atoms with van der Waals surface area (Å²) in [6.45, 7) is 1.41. The second-order valence-electron chi connectivity index (χ2n) is 8.90. The van der Waals surface area contributed by atoms with Gasteiger partial charge in [0.2, 0.25) is 0 Å². The van der Waals surface area contributed by atoms with E-state index >= 15 is 0 Å². The van der Waals surface area contributed by atoms with Crippen LogP contribution < -0.4 is 15.1 Å². The molecule has 2 aromatic rings. The van der Waals surface area contributed by atoms with E-state index in [0.717, 1.165) is 25.1 Å². The van der Waals surface area contributed by atoms with E-state index < -0.39 is 23.8 Å². The third-order valence-corrected chi connectivity index (χ3v) is 6.11. The molecule has 0 spiro atoms. The van der Waals surface area contributed by atoms with Gasteiger partial charge in [-0.15, -0.1) is 0 Å². The molecule has 10 heteroatoms. The second-order valence-corrected chi connectivity index (χ2v) is 8.90. The molecular weight excluding hydrogens is 459 g/mol. The van der Waals surface area contributed by atoms with Gasteiger partial charge in [-0.3, -0.25) is 9.69 Å². The predicted molar refractivity (Wildman–Crippen MR) is 122 cm³/mol. The molecule has 7 nitrogen and oxygen atoms in total. The molecule has 0 saturated carbocycles. The van der Waals surface area contributed by atoms with Gasteiger partial charge in [-0.2, -0.15) is 18.4 Å². The van der Waals surface area contributed by atoms with E-state index in [2.05, 4.69) is 5.32 Å². The van der Waals surface area contributed by atoms with E-state index in [-0.39, 0.29) is 18.1 Å². The quantitative estimate of drug-likeness (QED) is 0.661. The molecule has 0 radical (unpaired) electrons. The number of hydrogen-bond donors (Lipinski definition) is 2. The molecule has 4 rings (SSSR count). The van der Waals surface area contributed by atoms with E-state index in [4.69, 9.17) is 5.26 Å². The predicted octanol–water partition coefficient (Wildman–Crippen LogP) is 2.48. The Morgan fingerprint density at radius 2 is 1.86 bits per heavy atom. The maximum absolute atomic E-state index is 13.5. The average Bonchev–Trinajstić information content (AvgIpc) is 3.13. The molecule has 0 fully saturated rings. The minimum atomic E-state index is -4.57. The summed E-state index contributed by atoms with van der Waals surface area (Å²) in [6, 6.07) is 11.7. The van der Waals surface area contributed by atoms with Crippen LogP contribution in [0.25, 0.3) is 0 Å². The van der Waals surface area contributed by atoms with Crippen molar-refractivity contribution in [2.45, 2.75) is 18.6 Å². The van der Waals surface area contributed by atoms with Gasteiger partial charge in [0, 0.05) is 13.0 Å². The monoisotopic (exact) mass is 484 g/mol. The first kappa shape index (κ1) is 24.3. The zero-order chi connectivity index (χ0) is 25.3. The number of halogens is 3. The summed E-state index contributed by atoms with van der Waals surface area (Å²) < 4.78 is 40.1. The lowest BCUT2D eigenvalue weighted by Crippen LogP contribution is -3.05. The highest BCUT2D eigenvalue weighted by Crippen LogP contribution is 2.40. The third kappa shape index (κ3) is 4.86. The number of urea groups is 1. The van der Waals surface area contributed by atoms with Gasteiger partial charge in [0.25, 0.3) is 5.91 Å². The van der Waals surface area contributed by atoms with Crippen molar-refractivity contribution in [3.05, 3.63) is 76.5 Å². The topological polar surface area (TPSA) is 80.9 Å². The third-order valence-electron chi connectivity index (χ3n) is 6.11. The molecule has 0 unspecified atom stereocenters. The molecule has 0 saturated heterocycles. The van der Waals surface area contributed by atoms with Crippen LogP contribution in [0, 0.1) is 11.3 Å². The fourth-order valence-corrected chi connectivity index (χ4v) is 4.39. The summed E-state index contributed by atoms with van der Waals surface area (Å²) in [6.07, 6.45) is -3.84. The number of nitrogens with zero attached hydrogens (tertiary/aromatic N) is 3. The van der Waals surface area contributed by atoms with Crippen LogP contribution in [0.15, 0.2) is 59.8 Å². The Kier molecular flexibility index (Phi) is 6.54. The van der Waals surface area contributed by atoms with Gasteiger partial charge in [-0.1, -0.05) is 18.2 Å². The molecule has 0 aromatic heterocycles. The van der Waals surface area contributed by atoms with Crippen LogP contribution in [0.4, 0.5) is 23.7 Å². The maximum atomic E-state index is 13.5. The number of hydrogen-bond acceptors (Lipinski definition) is 3. The van der Waals surface area contributed by atoms with Crippen LogP contribution in [0.5, 0.6) is 0 Å². The van der Waals surface area contributed by atoms with E-state index in [9.17, 15) is 22.8 Å². The summed E-state index contributed by atoms with van der Waals surface area (Å²) in [5.41, 5.74) is 0.890. The Hall–Kier alpha value is -3.84. The smallest absolute Gasteiger partial charge is 0.340 e. The summed E-state index contributed by atoms with van der Waals surface area (Å²) in [7, 11) is 4.02. The van der Waals surface area contributed by atoms with E-state index in [1.807, 2.05) is 20.2 Å². The maximum Gasteiger partial charge on any atom is 0.416 e. The number of quaternary nitrogens is 1. The fraction of sp³-hybridized carbons (Fsp3) is 0.320. The van der Waals surface area contributed by atoms with Crippen LogP contribution in [-0.4, -0.2) is 50.6 Å². The Morgan fingerprint density at radius 3 is 2.49 bits per heavy atom. The molecule has 0 bridgehead atoms. The molecule has 35 heavy (non-hydrogen) atoms. The minimum Gasteiger partial charge on any atom is -0.340 e. The van der Waals surface area contributed by atoms with Gasteiger partial charge in [0.05, 0.1) is 67.4 Å². The lowest BCUT2D eigenvalue weighted by Gasteiger charge is -2.33. The van der Waals surface area contributed by atoms with E-state index in [1.54, 1.807) is 29.2 Å². The standard InChI is InChI=1S/C25H24F3N5O2/c1-31(2)11-4-12-32-15-20-21(23(32)34)22(17-9-7-16(14-29)8-10-17)30-24(35)33(20)19-6-3-5-18(13-19)25(26,27)28/h3,5-10,13,22H,4,11-12,15H2,1-2H3,(H,30,35)/p+1/t22-/m1/s1. The summed E-state index contributed by atoms with van der Waals surface area (Å²) in [5, 5.41) is 11.9. The lowest BCUT2D eigenvalue weighted by molar-refractivity contribution is -0.858. The summed E-state index contributed by atoms with van der Waals surface area (Å²) in [5.74, 6) is -0.264. The van der Waals surface area contributed by atoms with Crippen LogP contribution in [-0.2, 0) is 11.0 Å². The lowest BCUT2D eigenvalue weighted by atomic mass is 9.94. The zero-order valence-electron chi connectivity index (χ0n) is 19.3.